The van der Waals surface area contributed by atoms with Crippen molar-refractivity contribution >= 4 is 17.7 Å². The Labute approximate surface area is 145 Å². The molecule has 24 heavy (non-hydrogen) atoms. The summed E-state index contributed by atoms with van der Waals surface area (Å²) in [5.74, 6) is 2.16. The molecule has 0 saturated heterocycles. The van der Waals surface area contributed by atoms with Crippen LogP contribution in [-0.2, 0) is 4.79 Å². The number of benzene rings is 1. The number of methoxy groups -OCH3 is 2. The molecular weight excluding hydrogens is 330 g/mol. The summed E-state index contributed by atoms with van der Waals surface area (Å²) >= 11 is 1.20. The van der Waals surface area contributed by atoms with Gasteiger partial charge in [-0.15, -0.1) is 10.2 Å². The molecule has 130 valence electrons. The third-order valence-electron chi connectivity index (χ3n) is 3.08. The Kier molecular flexibility index (Phi) is 6.48. The van der Waals surface area contributed by atoms with Crippen molar-refractivity contribution in [2.75, 3.05) is 26.5 Å². The first-order valence-electron chi connectivity index (χ1n) is 7.49. The summed E-state index contributed by atoms with van der Waals surface area (Å²) in [6.07, 6.45) is 0. The first-order valence-corrected chi connectivity index (χ1v) is 8.47. The van der Waals surface area contributed by atoms with Crippen LogP contribution in [0.15, 0.2) is 27.8 Å². The third kappa shape index (κ3) is 4.89. The van der Waals surface area contributed by atoms with E-state index in [0.717, 1.165) is 0 Å². The smallest absolute Gasteiger partial charge is 0.277 e. The highest BCUT2D eigenvalue weighted by Gasteiger charge is 2.15. The van der Waals surface area contributed by atoms with Crippen LogP contribution in [0.3, 0.4) is 0 Å². The lowest BCUT2D eigenvalue weighted by molar-refractivity contribution is -0.118. The number of rotatable bonds is 8. The largest absolute Gasteiger partial charge is 0.497 e. The lowest BCUT2D eigenvalue weighted by Crippen LogP contribution is -2.28. The van der Waals surface area contributed by atoms with Crippen LogP contribution in [-0.4, -0.2) is 42.6 Å². The number of nitrogens with one attached hydrogen (secondary N) is 1. The summed E-state index contributed by atoms with van der Waals surface area (Å²) in [4.78, 5) is 11.7. The quantitative estimate of drug-likeness (QED) is 0.732. The molecule has 0 aliphatic heterocycles. The molecule has 1 heterocycles. The van der Waals surface area contributed by atoms with E-state index in [1.54, 1.807) is 32.4 Å². The van der Waals surface area contributed by atoms with Gasteiger partial charge in [-0.2, -0.15) is 0 Å². The van der Waals surface area contributed by atoms with E-state index in [-0.39, 0.29) is 11.7 Å². The van der Waals surface area contributed by atoms with Crippen molar-refractivity contribution < 1.29 is 18.7 Å². The SMILES string of the molecule is COc1ccc(-c2nnc(SCC(=O)NCC(C)C)o2)c(OC)c1. The number of aromatic nitrogens is 2. The summed E-state index contributed by atoms with van der Waals surface area (Å²) in [5.41, 5.74) is 0.668. The van der Waals surface area contributed by atoms with E-state index in [0.29, 0.717) is 40.6 Å². The van der Waals surface area contributed by atoms with E-state index in [1.807, 2.05) is 13.8 Å². The predicted molar refractivity (Wildman–Crippen MR) is 91.4 cm³/mol. The Hall–Kier alpha value is -2.22. The molecule has 0 atom stereocenters. The van der Waals surface area contributed by atoms with Gasteiger partial charge in [0.2, 0.25) is 5.91 Å². The molecule has 0 saturated carbocycles. The summed E-state index contributed by atoms with van der Waals surface area (Å²) in [7, 11) is 3.14. The van der Waals surface area contributed by atoms with Crippen LogP contribution in [0, 0.1) is 5.92 Å². The Bertz CT molecular complexity index is 688. The minimum absolute atomic E-state index is 0.0597. The van der Waals surface area contributed by atoms with Gasteiger partial charge < -0.3 is 19.2 Å². The van der Waals surface area contributed by atoms with Gasteiger partial charge in [0.1, 0.15) is 11.5 Å². The molecule has 2 rings (SSSR count). The monoisotopic (exact) mass is 351 g/mol. The molecule has 7 nitrogen and oxygen atoms in total. The van der Waals surface area contributed by atoms with Gasteiger partial charge >= 0.3 is 0 Å². The van der Waals surface area contributed by atoms with Crippen molar-refractivity contribution in [1.82, 2.24) is 15.5 Å². The zero-order chi connectivity index (χ0) is 17.5. The highest BCUT2D eigenvalue weighted by atomic mass is 32.2. The van der Waals surface area contributed by atoms with Crippen LogP contribution < -0.4 is 14.8 Å². The van der Waals surface area contributed by atoms with Crippen LogP contribution in [0.25, 0.3) is 11.5 Å². The topological polar surface area (TPSA) is 86.5 Å². The summed E-state index contributed by atoms with van der Waals surface area (Å²) in [5, 5.41) is 11.1. The molecule has 0 radical (unpaired) electrons. The van der Waals surface area contributed by atoms with Crippen LogP contribution in [0.1, 0.15) is 13.8 Å². The molecule has 1 aromatic carbocycles. The number of hydrogen-bond acceptors (Lipinski definition) is 7. The zero-order valence-corrected chi connectivity index (χ0v) is 15.0. The fourth-order valence-corrected chi connectivity index (χ4v) is 2.44. The highest BCUT2D eigenvalue weighted by molar-refractivity contribution is 7.99. The van der Waals surface area contributed by atoms with E-state index < -0.39 is 0 Å². The average Bonchev–Trinajstić information content (AvgIpc) is 3.06. The van der Waals surface area contributed by atoms with Crippen molar-refractivity contribution in [3.63, 3.8) is 0 Å². The molecular formula is C16H21N3O4S. The maximum absolute atomic E-state index is 11.7. The first kappa shape index (κ1) is 18.1. The standard InChI is InChI=1S/C16H21N3O4S/c1-10(2)8-17-14(20)9-24-16-19-18-15(23-16)12-6-5-11(21-3)7-13(12)22-4/h5-7,10H,8-9H2,1-4H3,(H,17,20). The van der Waals surface area contributed by atoms with Crippen molar-refractivity contribution in [2.45, 2.75) is 19.1 Å². The van der Waals surface area contributed by atoms with Crippen molar-refractivity contribution in [3.05, 3.63) is 18.2 Å². The Balaban J connectivity index is 2.02. The normalized spacial score (nSPS) is 10.7. The van der Waals surface area contributed by atoms with E-state index in [4.69, 9.17) is 13.9 Å². The van der Waals surface area contributed by atoms with Gasteiger partial charge in [0.25, 0.3) is 11.1 Å². The molecule has 1 aromatic heterocycles. The van der Waals surface area contributed by atoms with Crippen LogP contribution in [0.2, 0.25) is 0 Å². The van der Waals surface area contributed by atoms with Gasteiger partial charge in [0.15, 0.2) is 0 Å². The molecule has 2 aromatic rings. The van der Waals surface area contributed by atoms with E-state index in [1.165, 1.54) is 11.8 Å². The summed E-state index contributed by atoms with van der Waals surface area (Å²) < 4.78 is 16.1. The van der Waals surface area contributed by atoms with Gasteiger partial charge in [-0.1, -0.05) is 25.6 Å². The highest BCUT2D eigenvalue weighted by Crippen LogP contribution is 2.33. The van der Waals surface area contributed by atoms with E-state index in [2.05, 4.69) is 15.5 Å². The van der Waals surface area contributed by atoms with Crippen molar-refractivity contribution in [2.24, 2.45) is 5.92 Å². The summed E-state index contributed by atoms with van der Waals surface area (Å²) in [6.45, 7) is 4.73. The molecule has 1 amide bonds. The van der Waals surface area contributed by atoms with Crippen LogP contribution in [0.5, 0.6) is 11.5 Å². The minimum atomic E-state index is -0.0597. The Morgan fingerprint density at radius 2 is 2.08 bits per heavy atom. The molecule has 0 spiro atoms. The second kappa shape index (κ2) is 8.58. The minimum Gasteiger partial charge on any atom is -0.497 e. The lowest BCUT2D eigenvalue weighted by atomic mass is 10.2. The Morgan fingerprint density at radius 3 is 2.75 bits per heavy atom. The van der Waals surface area contributed by atoms with Gasteiger partial charge in [-0.25, -0.2) is 0 Å². The van der Waals surface area contributed by atoms with Crippen LogP contribution in [0.4, 0.5) is 0 Å². The average molecular weight is 351 g/mol. The molecule has 0 unspecified atom stereocenters. The number of carbonyl (C=O) groups excluding carboxylic acids is 1. The molecule has 0 aliphatic carbocycles. The fraction of sp³-hybridized carbons (Fsp3) is 0.438. The number of thioether (sulfide) groups is 1. The Morgan fingerprint density at radius 1 is 1.29 bits per heavy atom. The van der Waals surface area contributed by atoms with Crippen LogP contribution >= 0.6 is 11.8 Å². The second-order valence-electron chi connectivity index (χ2n) is 5.43. The third-order valence-corrected chi connectivity index (χ3v) is 3.90. The number of ether oxygens (including phenoxy) is 2. The number of nitrogens with zero attached hydrogens (tertiary/aromatic N) is 2. The van der Waals surface area contributed by atoms with Gasteiger partial charge in [0.05, 0.1) is 25.5 Å². The maximum Gasteiger partial charge on any atom is 0.277 e. The molecule has 1 N–H and O–H groups in total. The van der Waals surface area contributed by atoms with Gasteiger partial charge in [-0.05, 0) is 18.1 Å². The van der Waals surface area contributed by atoms with Gasteiger partial charge in [0, 0.05) is 12.6 Å². The second-order valence-corrected chi connectivity index (χ2v) is 6.35. The molecule has 0 aliphatic rings. The molecule has 8 heteroatoms. The van der Waals surface area contributed by atoms with Crippen molar-refractivity contribution in [3.8, 4) is 23.0 Å². The number of hydrogen-bond donors (Lipinski definition) is 1. The molecule has 0 bridgehead atoms. The lowest BCUT2D eigenvalue weighted by Gasteiger charge is -2.07. The van der Waals surface area contributed by atoms with Crippen molar-refractivity contribution in [1.29, 1.82) is 0 Å². The molecule has 0 fully saturated rings. The van der Waals surface area contributed by atoms with Gasteiger partial charge in [-0.3, -0.25) is 4.79 Å². The van der Waals surface area contributed by atoms with E-state index in [9.17, 15) is 4.79 Å². The predicted octanol–water partition coefficient (Wildman–Crippen LogP) is 2.62. The zero-order valence-electron chi connectivity index (χ0n) is 14.2. The van der Waals surface area contributed by atoms with E-state index >= 15 is 0 Å². The number of carbonyl (C=O) groups is 1. The maximum atomic E-state index is 11.7. The summed E-state index contributed by atoms with van der Waals surface area (Å²) in [6, 6.07) is 5.31. The first-order chi connectivity index (χ1) is 11.5. The number of amides is 1. The fourth-order valence-electron chi connectivity index (χ4n) is 1.85.